The van der Waals surface area contributed by atoms with Gasteiger partial charge < -0.3 is 24.7 Å². The zero-order chi connectivity index (χ0) is 29.1. The van der Waals surface area contributed by atoms with E-state index in [0.717, 1.165) is 23.8 Å². The summed E-state index contributed by atoms with van der Waals surface area (Å²) in [6.45, 7) is 17.5. The Morgan fingerprint density at radius 3 is 2.60 bits per heavy atom. The molecule has 1 saturated heterocycles. The first-order chi connectivity index (χ1) is 18.8. The van der Waals surface area contributed by atoms with E-state index in [-0.39, 0.29) is 29.3 Å². The van der Waals surface area contributed by atoms with Crippen LogP contribution in [0.1, 0.15) is 60.6 Å². The predicted octanol–water partition coefficient (Wildman–Crippen LogP) is 5.55. The molecule has 40 heavy (non-hydrogen) atoms. The highest BCUT2D eigenvalue weighted by Crippen LogP contribution is 2.29. The highest BCUT2D eigenvalue weighted by Gasteiger charge is 2.26. The molecule has 0 spiro atoms. The highest BCUT2D eigenvalue weighted by molar-refractivity contribution is 7.17. The van der Waals surface area contributed by atoms with Crippen molar-refractivity contribution in [2.24, 2.45) is 5.41 Å². The van der Waals surface area contributed by atoms with Gasteiger partial charge in [-0.25, -0.2) is 9.97 Å². The second-order valence-electron chi connectivity index (χ2n) is 12.9. The Hall–Kier alpha value is -2.60. The van der Waals surface area contributed by atoms with Crippen molar-refractivity contribution in [1.82, 2.24) is 25.2 Å². The average Bonchev–Trinajstić information content (AvgIpc) is 3.51. The summed E-state index contributed by atoms with van der Waals surface area (Å²) in [5, 5.41) is 6.24. The van der Waals surface area contributed by atoms with Crippen molar-refractivity contribution in [2.75, 3.05) is 19.8 Å². The standard InChI is InChI=1S/C29H43N5O4SSi/c1-19(29(2,3)4)31-27(35)21-17-34(18-38-14-15-40(5,6)7)26-25(21)33-22(16-30-26)23-8-9-24(39-23)28(36)32-20-10-12-37-13-11-20/h8-9,16-17,19-20H,10-15,18H2,1-7H3,(H,31,35)(H,32,36)/t19-/m0/s1. The van der Waals surface area contributed by atoms with Gasteiger partial charge >= 0.3 is 0 Å². The van der Waals surface area contributed by atoms with E-state index in [1.165, 1.54) is 11.3 Å². The molecule has 1 aliphatic rings. The Morgan fingerprint density at radius 1 is 1.20 bits per heavy atom. The molecular weight excluding hydrogens is 543 g/mol. The van der Waals surface area contributed by atoms with E-state index in [4.69, 9.17) is 19.4 Å². The van der Waals surface area contributed by atoms with Crippen molar-refractivity contribution in [2.45, 2.75) is 85.0 Å². The number of aromatic nitrogens is 3. The minimum atomic E-state index is -1.22. The summed E-state index contributed by atoms with van der Waals surface area (Å²) < 4.78 is 13.2. The third-order valence-electron chi connectivity index (χ3n) is 7.32. The Bertz CT molecular complexity index is 1330. The van der Waals surface area contributed by atoms with E-state index in [1.807, 2.05) is 23.6 Å². The lowest BCUT2D eigenvalue weighted by molar-refractivity contribution is 0.0698. The maximum absolute atomic E-state index is 13.4. The molecule has 4 heterocycles. The van der Waals surface area contributed by atoms with Crippen molar-refractivity contribution in [3.8, 4) is 10.6 Å². The Balaban J connectivity index is 1.59. The number of carbonyl (C=O) groups is 2. The Morgan fingerprint density at radius 2 is 1.93 bits per heavy atom. The molecule has 3 aromatic heterocycles. The van der Waals surface area contributed by atoms with Crippen LogP contribution in [0.5, 0.6) is 0 Å². The van der Waals surface area contributed by atoms with Crippen LogP contribution in [0.15, 0.2) is 24.5 Å². The molecule has 0 aromatic carbocycles. The molecule has 0 bridgehead atoms. The van der Waals surface area contributed by atoms with E-state index in [1.54, 1.807) is 12.4 Å². The van der Waals surface area contributed by atoms with Gasteiger partial charge in [0, 0.05) is 46.2 Å². The van der Waals surface area contributed by atoms with Gasteiger partial charge in [-0.15, -0.1) is 11.3 Å². The SMILES string of the molecule is C[C@H](NC(=O)c1cn(COCC[Si](C)(C)C)c2ncc(-c3ccc(C(=O)NC4CCOCC4)s3)nc12)C(C)(C)C. The van der Waals surface area contributed by atoms with E-state index in [2.05, 4.69) is 51.0 Å². The molecular formula is C29H43N5O4SSi. The van der Waals surface area contributed by atoms with Crippen LogP contribution in [0.25, 0.3) is 21.7 Å². The molecule has 1 aliphatic heterocycles. The van der Waals surface area contributed by atoms with Crippen molar-refractivity contribution in [3.05, 3.63) is 35.0 Å². The first kappa shape index (κ1) is 30.4. The van der Waals surface area contributed by atoms with Crippen LogP contribution < -0.4 is 10.6 Å². The second kappa shape index (κ2) is 12.5. The summed E-state index contributed by atoms with van der Waals surface area (Å²) in [6.07, 6.45) is 5.13. The summed E-state index contributed by atoms with van der Waals surface area (Å²) in [4.78, 5) is 37.3. The number of ether oxygens (including phenoxy) is 2. The third kappa shape index (κ3) is 7.77. The van der Waals surface area contributed by atoms with Crippen molar-refractivity contribution in [1.29, 1.82) is 0 Å². The fourth-order valence-electron chi connectivity index (χ4n) is 4.16. The van der Waals surface area contributed by atoms with Gasteiger partial charge in [-0.1, -0.05) is 40.4 Å². The summed E-state index contributed by atoms with van der Waals surface area (Å²) in [5.41, 5.74) is 2.11. The van der Waals surface area contributed by atoms with Gasteiger partial charge in [0.2, 0.25) is 0 Å². The van der Waals surface area contributed by atoms with Gasteiger partial charge in [0.25, 0.3) is 11.8 Å². The number of fused-ring (bicyclic) bond motifs is 1. The number of hydrogen-bond donors (Lipinski definition) is 2. The van der Waals surface area contributed by atoms with E-state index in [0.29, 0.717) is 53.8 Å². The summed E-state index contributed by atoms with van der Waals surface area (Å²) in [7, 11) is -1.22. The van der Waals surface area contributed by atoms with Crippen molar-refractivity contribution in [3.63, 3.8) is 0 Å². The smallest absolute Gasteiger partial charge is 0.261 e. The van der Waals surface area contributed by atoms with Crippen LogP contribution in [0.2, 0.25) is 25.7 Å². The van der Waals surface area contributed by atoms with Gasteiger partial charge in [0.15, 0.2) is 5.65 Å². The molecule has 0 saturated carbocycles. The van der Waals surface area contributed by atoms with Crippen LogP contribution >= 0.6 is 11.3 Å². The lowest BCUT2D eigenvalue weighted by atomic mass is 9.88. The molecule has 218 valence electrons. The van der Waals surface area contributed by atoms with Crippen LogP contribution in [-0.4, -0.2) is 66.3 Å². The molecule has 2 amide bonds. The third-order valence-corrected chi connectivity index (χ3v) is 10.1. The fraction of sp³-hybridized carbons (Fsp3) is 0.586. The molecule has 0 radical (unpaired) electrons. The van der Waals surface area contributed by atoms with E-state index in [9.17, 15) is 9.59 Å². The number of amides is 2. The molecule has 0 unspecified atom stereocenters. The minimum absolute atomic E-state index is 0.0448. The van der Waals surface area contributed by atoms with E-state index < -0.39 is 8.07 Å². The van der Waals surface area contributed by atoms with Crippen LogP contribution in [0.3, 0.4) is 0 Å². The normalized spacial score (nSPS) is 15.8. The van der Waals surface area contributed by atoms with Crippen molar-refractivity contribution >= 4 is 42.4 Å². The van der Waals surface area contributed by atoms with Crippen LogP contribution in [0.4, 0.5) is 0 Å². The quantitative estimate of drug-likeness (QED) is 0.239. The highest BCUT2D eigenvalue weighted by atomic mass is 32.1. The summed E-state index contributed by atoms with van der Waals surface area (Å²) in [5.74, 6) is -0.280. The number of hydrogen-bond acceptors (Lipinski definition) is 7. The Labute approximate surface area is 242 Å². The molecule has 0 aliphatic carbocycles. The largest absolute Gasteiger partial charge is 0.381 e. The second-order valence-corrected chi connectivity index (χ2v) is 19.6. The number of nitrogens with zero attached hydrogens (tertiary/aromatic N) is 3. The zero-order valence-corrected chi connectivity index (χ0v) is 26.6. The van der Waals surface area contributed by atoms with Gasteiger partial charge in [-0.05, 0) is 43.4 Å². The molecule has 4 rings (SSSR count). The number of thiophene rings is 1. The first-order valence-electron chi connectivity index (χ1n) is 14.0. The Kier molecular flexibility index (Phi) is 9.49. The fourth-order valence-corrected chi connectivity index (χ4v) is 5.78. The zero-order valence-electron chi connectivity index (χ0n) is 24.8. The molecule has 3 aromatic rings. The number of rotatable bonds is 10. The molecule has 1 fully saturated rings. The lowest BCUT2D eigenvalue weighted by Gasteiger charge is -2.27. The molecule has 9 nitrogen and oxygen atoms in total. The van der Waals surface area contributed by atoms with Crippen molar-refractivity contribution < 1.29 is 19.1 Å². The van der Waals surface area contributed by atoms with Gasteiger partial charge in [-0.2, -0.15) is 0 Å². The van der Waals surface area contributed by atoms with E-state index >= 15 is 0 Å². The number of carbonyl (C=O) groups excluding carboxylic acids is 2. The molecule has 11 heteroatoms. The predicted molar refractivity (Wildman–Crippen MR) is 163 cm³/mol. The average molecular weight is 586 g/mol. The van der Waals surface area contributed by atoms with Gasteiger partial charge in [0.1, 0.15) is 12.2 Å². The first-order valence-corrected chi connectivity index (χ1v) is 18.6. The van der Waals surface area contributed by atoms with Crippen LogP contribution in [0, 0.1) is 5.41 Å². The topological polar surface area (TPSA) is 107 Å². The van der Waals surface area contributed by atoms with Crippen LogP contribution in [-0.2, 0) is 16.2 Å². The van der Waals surface area contributed by atoms with Gasteiger partial charge in [0.05, 0.1) is 27.2 Å². The lowest BCUT2D eigenvalue weighted by Crippen LogP contribution is -2.41. The molecule has 1 atom stereocenters. The summed E-state index contributed by atoms with van der Waals surface area (Å²) in [6, 6.07) is 4.85. The van der Waals surface area contributed by atoms with Gasteiger partial charge in [-0.3, -0.25) is 9.59 Å². The monoisotopic (exact) mass is 585 g/mol. The number of nitrogens with one attached hydrogen (secondary N) is 2. The maximum Gasteiger partial charge on any atom is 0.261 e. The maximum atomic E-state index is 13.4. The summed E-state index contributed by atoms with van der Waals surface area (Å²) >= 11 is 1.37. The molecule has 2 N–H and O–H groups in total. The minimum Gasteiger partial charge on any atom is -0.381 e.